The van der Waals surface area contributed by atoms with E-state index in [1.54, 1.807) is 29.3 Å². The number of aromatic nitrogens is 1. The molecule has 0 fully saturated rings. The molecule has 4 nitrogen and oxygen atoms in total. The standard InChI is InChI=1S/C15H13ClN2O2/c16-11-5-6-17-12(9-11)10-18-7-8-20-14-4-2-1-3-13(14)15(18)19/h1-6,9H,7-8,10H2. The number of ether oxygens (including phenoxy) is 1. The summed E-state index contributed by atoms with van der Waals surface area (Å²) in [5.74, 6) is 0.596. The van der Waals surface area contributed by atoms with Crippen molar-refractivity contribution in [3.05, 3.63) is 58.9 Å². The summed E-state index contributed by atoms with van der Waals surface area (Å²) in [5.41, 5.74) is 1.36. The molecule has 2 aromatic rings. The van der Waals surface area contributed by atoms with E-state index in [9.17, 15) is 4.79 Å². The summed E-state index contributed by atoms with van der Waals surface area (Å²) in [6, 6.07) is 10.8. The molecule has 1 aromatic carbocycles. The van der Waals surface area contributed by atoms with Crippen LogP contribution >= 0.6 is 11.6 Å². The van der Waals surface area contributed by atoms with Crippen molar-refractivity contribution >= 4 is 17.5 Å². The Morgan fingerprint density at radius 3 is 3.00 bits per heavy atom. The molecular formula is C15H13ClN2O2. The normalized spacial score (nSPS) is 14.4. The number of amides is 1. The van der Waals surface area contributed by atoms with Crippen LogP contribution in [0.15, 0.2) is 42.6 Å². The fourth-order valence-corrected chi connectivity index (χ4v) is 2.37. The lowest BCUT2D eigenvalue weighted by Gasteiger charge is -2.19. The van der Waals surface area contributed by atoms with Gasteiger partial charge in [-0.3, -0.25) is 9.78 Å². The second-order valence-corrected chi connectivity index (χ2v) is 4.97. The maximum Gasteiger partial charge on any atom is 0.258 e. The highest BCUT2D eigenvalue weighted by Crippen LogP contribution is 2.23. The van der Waals surface area contributed by atoms with E-state index in [1.165, 1.54) is 0 Å². The van der Waals surface area contributed by atoms with Crippen LogP contribution in [0.3, 0.4) is 0 Å². The number of hydrogen-bond donors (Lipinski definition) is 0. The highest BCUT2D eigenvalue weighted by atomic mass is 35.5. The number of rotatable bonds is 2. The largest absolute Gasteiger partial charge is 0.491 e. The van der Waals surface area contributed by atoms with Gasteiger partial charge in [-0.15, -0.1) is 0 Å². The lowest BCUT2D eigenvalue weighted by atomic mass is 10.1. The molecule has 0 atom stereocenters. The van der Waals surface area contributed by atoms with Crippen molar-refractivity contribution in [2.75, 3.05) is 13.2 Å². The highest BCUT2D eigenvalue weighted by molar-refractivity contribution is 6.30. The van der Waals surface area contributed by atoms with Gasteiger partial charge in [0, 0.05) is 11.2 Å². The molecule has 5 heteroatoms. The molecule has 20 heavy (non-hydrogen) atoms. The number of fused-ring (bicyclic) bond motifs is 1. The predicted molar refractivity (Wildman–Crippen MR) is 75.9 cm³/mol. The first-order chi connectivity index (χ1) is 9.74. The molecule has 1 aromatic heterocycles. The second kappa shape index (κ2) is 5.51. The van der Waals surface area contributed by atoms with Gasteiger partial charge in [0.1, 0.15) is 12.4 Å². The number of carbonyl (C=O) groups is 1. The third-order valence-corrected chi connectivity index (χ3v) is 3.39. The molecule has 0 radical (unpaired) electrons. The molecule has 1 amide bonds. The van der Waals surface area contributed by atoms with Gasteiger partial charge in [0.25, 0.3) is 5.91 Å². The topological polar surface area (TPSA) is 42.4 Å². The van der Waals surface area contributed by atoms with E-state index in [2.05, 4.69) is 4.98 Å². The number of pyridine rings is 1. The number of nitrogens with zero attached hydrogens (tertiary/aromatic N) is 2. The Morgan fingerprint density at radius 2 is 2.15 bits per heavy atom. The molecule has 0 saturated heterocycles. The summed E-state index contributed by atoms with van der Waals surface area (Å²) in [5, 5.41) is 0.619. The van der Waals surface area contributed by atoms with Crippen molar-refractivity contribution < 1.29 is 9.53 Å². The van der Waals surface area contributed by atoms with Crippen molar-refractivity contribution in [3.8, 4) is 5.75 Å². The van der Waals surface area contributed by atoms with Gasteiger partial charge < -0.3 is 9.64 Å². The smallest absolute Gasteiger partial charge is 0.258 e. The van der Waals surface area contributed by atoms with Crippen molar-refractivity contribution in [1.82, 2.24) is 9.88 Å². The first-order valence-electron chi connectivity index (χ1n) is 6.35. The third-order valence-electron chi connectivity index (χ3n) is 3.15. The van der Waals surface area contributed by atoms with Gasteiger partial charge in [-0.2, -0.15) is 0 Å². The van der Waals surface area contributed by atoms with Gasteiger partial charge in [-0.1, -0.05) is 23.7 Å². The Kier molecular flexibility index (Phi) is 3.56. The highest BCUT2D eigenvalue weighted by Gasteiger charge is 2.23. The van der Waals surface area contributed by atoms with Gasteiger partial charge in [0.15, 0.2) is 0 Å². The zero-order valence-corrected chi connectivity index (χ0v) is 11.5. The van der Waals surface area contributed by atoms with Crippen molar-refractivity contribution in [2.45, 2.75) is 6.54 Å². The summed E-state index contributed by atoms with van der Waals surface area (Å²) in [7, 11) is 0. The summed E-state index contributed by atoms with van der Waals surface area (Å²) in [6.07, 6.45) is 1.64. The van der Waals surface area contributed by atoms with Crippen LogP contribution < -0.4 is 4.74 Å². The molecule has 0 N–H and O–H groups in total. The first kappa shape index (κ1) is 12.9. The molecule has 0 saturated carbocycles. The minimum atomic E-state index is -0.0418. The average molecular weight is 289 g/mol. The van der Waals surface area contributed by atoms with Gasteiger partial charge in [-0.05, 0) is 24.3 Å². The zero-order chi connectivity index (χ0) is 13.9. The van der Waals surface area contributed by atoms with Crippen LogP contribution in [0.4, 0.5) is 0 Å². The molecule has 1 aliphatic heterocycles. The van der Waals surface area contributed by atoms with Gasteiger partial charge in [0.2, 0.25) is 0 Å². The summed E-state index contributed by atoms with van der Waals surface area (Å²) in [4.78, 5) is 18.5. The van der Waals surface area contributed by atoms with Crippen LogP contribution in [0, 0.1) is 0 Å². The Balaban J connectivity index is 1.86. The maximum absolute atomic E-state index is 12.5. The van der Waals surface area contributed by atoms with Crippen molar-refractivity contribution in [3.63, 3.8) is 0 Å². The quantitative estimate of drug-likeness (QED) is 0.853. The monoisotopic (exact) mass is 288 g/mol. The number of benzene rings is 1. The molecule has 3 rings (SSSR count). The van der Waals surface area contributed by atoms with E-state index >= 15 is 0 Å². The van der Waals surface area contributed by atoms with Crippen molar-refractivity contribution in [1.29, 1.82) is 0 Å². The molecule has 0 unspecified atom stereocenters. The molecular weight excluding hydrogens is 276 g/mol. The van der Waals surface area contributed by atoms with Crippen LogP contribution in [-0.4, -0.2) is 28.9 Å². The SMILES string of the molecule is O=C1c2ccccc2OCCN1Cc1cc(Cl)ccn1. The molecule has 102 valence electrons. The predicted octanol–water partition coefficient (Wildman–Crippen LogP) is 2.77. The third kappa shape index (κ3) is 2.60. The fourth-order valence-electron chi connectivity index (χ4n) is 2.19. The molecule has 1 aliphatic rings. The lowest BCUT2D eigenvalue weighted by Crippen LogP contribution is -2.32. The Labute approximate surface area is 122 Å². The Bertz CT molecular complexity index is 645. The molecule has 0 bridgehead atoms. The first-order valence-corrected chi connectivity index (χ1v) is 6.73. The Hall–Kier alpha value is -2.07. The average Bonchev–Trinajstić information content (AvgIpc) is 2.60. The van der Waals surface area contributed by atoms with Crippen molar-refractivity contribution in [2.24, 2.45) is 0 Å². The van der Waals surface area contributed by atoms with Crippen LogP contribution in [0.5, 0.6) is 5.75 Å². The zero-order valence-electron chi connectivity index (χ0n) is 10.8. The molecule has 2 heterocycles. The van der Waals surface area contributed by atoms with E-state index in [4.69, 9.17) is 16.3 Å². The summed E-state index contributed by atoms with van der Waals surface area (Å²) in [6.45, 7) is 1.43. The lowest BCUT2D eigenvalue weighted by molar-refractivity contribution is 0.0741. The van der Waals surface area contributed by atoms with E-state index in [0.717, 1.165) is 5.69 Å². The maximum atomic E-state index is 12.5. The van der Waals surface area contributed by atoms with Gasteiger partial charge in [0.05, 0.1) is 24.3 Å². The van der Waals surface area contributed by atoms with E-state index in [-0.39, 0.29) is 5.91 Å². The second-order valence-electron chi connectivity index (χ2n) is 4.54. The minimum Gasteiger partial charge on any atom is -0.491 e. The molecule has 0 aliphatic carbocycles. The summed E-state index contributed by atoms with van der Waals surface area (Å²) >= 11 is 5.94. The van der Waals surface area contributed by atoms with E-state index < -0.39 is 0 Å². The van der Waals surface area contributed by atoms with Gasteiger partial charge in [-0.25, -0.2) is 0 Å². The minimum absolute atomic E-state index is 0.0418. The Morgan fingerprint density at radius 1 is 1.30 bits per heavy atom. The number of halogens is 1. The number of carbonyl (C=O) groups excluding carboxylic acids is 1. The summed E-state index contributed by atoms with van der Waals surface area (Å²) < 4.78 is 5.60. The van der Waals surface area contributed by atoms with E-state index in [1.807, 2.05) is 18.2 Å². The fraction of sp³-hybridized carbons (Fsp3) is 0.200. The van der Waals surface area contributed by atoms with Crippen LogP contribution in [-0.2, 0) is 6.54 Å². The van der Waals surface area contributed by atoms with E-state index in [0.29, 0.717) is 36.0 Å². The number of hydrogen-bond acceptors (Lipinski definition) is 3. The molecule has 0 spiro atoms. The van der Waals surface area contributed by atoms with Crippen LogP contribution in [0.25, 0.3) is 0 Å². The van der Waals surface area contributed by atoms with Crippen LogP contribution in [0.2, 0.25) is 5.02 Å². The number of para-hydroxylation sites is 1. The van der Waals surface area contributed by atoms with Crippen LogP contribution in [0.1, 0.15) is 16.1 Å². The van der Waals surface area contributed by atoms with Gasteiger partial charge >= 0.3 is 0 Å².